The molecule has 8 aromatic carbocycles. The number of aryl methyl sites for hydroxylation is 6. The number of carbonyl (C=O) groups is 10. The molecule has 10 heterocycles. The number of piperidine rings is 3. The van der Waals surface area contributed by atoms with Gasteiger partial charge in [0.15, 0.2) is 34.9 Å². The van der Waals surface area contributed by atoms with E-state index in [1.54, 1.807) is 71.6 Å². The van der Waals surface area contributed by atoms with Crippen molar-refractivity contribution in [1.29, 1.82) is 0 Å². The molecule has 7 amide bonds. The number of thiazole rings is 1. The second-order valence-electron chi connectivity index (χ2n) is 34.1. The van der Waals surface area contributed by atoms with Gasteiger partial charge in [-0.2, -0.15) is 0 Å². The molecule has 6 aliphatic heterocycles. The minimum Gasteiger partial charge on any atom is -0.489 e. The van der Waals surface area contributed by atoms with Crippen LogP contribution in [0.4, 0.5) is 40.1 Å². The van der Waals surface area contributed by atoms with Crippen LogP contribution in [0.2, 0.25) is 0 Å². The molecular weight excluding hydrogens is 1690 g/mol. The molecule has 29 nitrogen and oxygen atoms in total. The number of anilines is 4. The fourth-order valence-corrected chi connectivity index (χ4v) is 18.2. The van der Waals surface area contributed by atoms with E-state index in [-0.39, 0.29) is 121 Å². The van der Waals surface area contributed by atoms with Gasteiger partial charge < -0.3 is 63.9 Å². The van der Waals surface area contributed by atoms with Gasteiger partial charge in [0.2, 0.25) is 23.5 Å². The Balaban J connectivity index is 0.000000149. The molecule has 0 spiro atoms. The van der Waals surface area contributed by atoms with Crippen molar-refractivity contribution in [2.45, 2.75) is 156 Å². The number of rotatable bonds is 25. The van der Waals surface area contributed by atoms with E-state index < -0.39 is 0 Å². The van der Waals surface area contributed by atoms with Crippen molar-refractivity contribution in [3.63, 3.8) is 0 Å². The molecule has 132 heavy (non-hydrogen) atoms. The highest BCUT2D eigenvalue weighted by atomic mass is 32.1. The number of benzene rings is 8. The Morgan fingerprint density at radius 3 is 1.26 bits per heavy atom. The first-order chi connectivity index (χ1) is 63.7. The first-order valence-electron chi connectivity index (χ1n) is 44.3. The summed E-state index contributed by atoms with van der Waals surface area (Å²) in [6, 6.07) is 50.4. The van der Waals surface area contributed by atoms with Gasteiger partial charge in [0.05, 0.1) is 99.2 Å². The first-order valence-corrected chi connectivity index (χ1v) is 45.1. The Morgan fingerprint density at radius 1 is 0.409 bits per heavy atom. The molecule has 4 N–H and O–H groups in total. The van der Waals surface area contributed by atoms with Crippen molar-refractivity contribution in [3.05, 3.63) is 277 Å². The Kier molecular flexibility index (Phi) is 27.7. The summed E-state index contributed by atoms with van der Waals surface area (Å²) in [5.41, 5.74) is 14.5. The van der Waals surface area contributed by atoms with Gasteiger partial charge in [-0.3, -0.25) is 62.9 Å². The lowest BCUT2D eigenvalue weighted by atomic mass is 10.0. The standard InChI is InChI=1S/C43H39N7O5S.C30H32N4O4.C29H31N5O4/c1-26-17-32-33(44-23-31-13-6-7-16-50(31)43(32)54)21-36(26)55-25-28-10-8-9-27(18-28)19-39(52)47-38-24-49(2)41(48-38)35(51)22-40-46-34-20-29(14-15-37(34)56-40)42(53)45-30-11-4-3-5-12-30;1-19-11-25-26(31-16-24-9-4-5-10-34(24)30(25)37)15-28(19)38-18-22-8-6-7-21(12-22)13-29(36)32-23-14-27(20(2)35)33(3)17-23;1-18-11-23-24(30-15-22-9-4-5-10-34(22)29(23)37)14-25(18)38-17-21-8-6-7-20(12-21)13-27(36)31-26-16-33(3)28(32-26)19(2)35/h3-5,8-12,14-15,17-18,20-21,23-24,31H,6-7,13,16,19,22,25H2,1-2H3,(H,45,53)(H,47,52);6-8,11-12,14-17,24H,4-5,9-10,13,18H2,1-3H3,(H,32,36);6-8,11-12,14-16,22H,4-5,9-10,13,17H2,1-3H3,(H,31,36)/t31-;24-;22-/m000/s1. The van der Waals surface area contributed by atoms with Crippen LogP contribution in [-0.2, 0) is 81.0 Å². The quantitative estimate of drug-likeness (QED) is 0.0386. The average Bonchev–Trinajstić information content (AvgIpc) is 1.63. The van der Waals surface area contributed by atoms with Crippen molar-refractivity contribution in [1.82, 2.24) is 43.4 Å². The lowest BCUT2D eigenvalue weighted by molar-refractivity contribution is -0.116. The number of Topliss-reactive ketones (excluding diaryl/α,β-unsaturated/α-hetero) is 3. The Morgan fingerprint density at radius 2 is 0.833 bits per heavy atom. The summed E-state index contributed by atoms with van der Waals surface area (Å²) < 4.78 is 24.2. The lowest BCUT2D eigenvalue weighted by Gasteiger charge is -2.32. The molecule has 0 aliphatic carbocycles. The van der Waals surface area contributed by atoms with E-state index in [1.807, 2.05) is 200 Å². The zero-order valence-electron chi connectivity index (χ0n) is 74.8. The van der Waals surface area contributed by atoms with E-state index in [0.717, 1.165) is 132 Å². The third kappa shape index (κ3) is 21.6. The first kappa shape index (κ1) is 90.4. The summed E-state index contributed by atoms with van der Waals surface area (Å²) >= 11 is 1.38. The molecule has 0 radical (unpaired) electrons. The van der Waals surface area contributed by atoms with Crippen LogP contribution in [0, 0.1) is 20.8 Å². The van der Waals surface area contributed by atoms with Gasteiger partial charge in [-0.25, -0.2) is 15.0 Å². The van der Waals surface area contributed by atoms with E-state index in [0.29, 0.717) is 109 Å². The monoisotopic (exact) mass is 1790 g/mol. The number of fused-ring (bicyclic) bond motifs is 7. The SMILES string of the molecule is CC(=O)c1cc(NC(=O)Cc2cccc(COc3cc4c(cc3C)C(=O)N3CCCC[C@H]3C=N4)c2)cn1C.CC(=O)c1nc(NC(=O)Cc2cccc(COc3cc4c(cc3C)C(=O)N3CCCC[C@H]3C=N4)c2)cn1C.Cc1cc2c(cc1OCc1cccc(CC(=O)Nc3cn(C)c(C(=O)Cc4nc5cc(C(=O)Nc6ccccc6)ccc5s4)n3)c1)N=C[C@@H]1CCCCN1C2=O. The molecule has 3 fully saturated rings. The van der Waals surface area contributed by atoms with Crippen LogP contribution >= 0.6 is 11.3 Å². The number of ether oxygens (including phenoxy) is 3. The average molecular weight is 1790 g/mol. The van der Waals surface area contributed by atoms with E-state index >= 15 is 0 Å². The van der Waals surface area contributed by atoms with Crippen LogP contribution in [0.15, 0.2) is 197 Å². The van der Waals surface area contributed by atoms with Crippen molar-refractivity contribution in [2.24, 2.45) is 36.1 Å². The highest BCUT2D eigenvalue weighted by molar-refractivity contribution is 7.18. The van der Waals surface area contributed by atoms with Gasteiger partial charge in [-0.1, -0.05) is 91.0 Å². The fraction of sp³-hybridized carbons (Fsp3) is 0.294. The largest absolute Gasteiger partial charge is 0.489 e. The van der Waals surface area contributed by atoms with Crippen LogP contribution in [0.25, 0.3) is 10.2 Å². The highest BCUT2D eigenvalue weighted by Crippen LogP contribution is 2.39. The number of carbonyl (C=O) groups excluding carboxylic acids is 10. The number of nitrogens with zero attached hydrogens (tertiary/aromatic N) is 12. The molecular formula is C102H102N16O13S. The fourth-order valence-electron chi connectivity index (χ4n) is 17.3. The minimum absolute atomic E-state index is 0.0171. The second kappa shape index (κ2) is 40.4. The van der Waals surface area contributed by atoms with Gasteiger partial charge in [-0.15, -0.1) is 11.3 Å². The van der Waals surface area contributed by atoms with Gasteiger partial charge >= 0.3 is 0 Å². The predicted octanol–water partition coefficient (Wildman–Crippen LogP) is 16.9. The summed E-state index contributed by atoms with van der Waals surface area (Å²) in [5, 5.41) is 11.9. The number of para-hydroxylation sites is 1. The van der Waals surface area contributed by atoms with Gasteiger partial charge in [-0.05, 0) is 183 Å². The maximum atomic E-state index is 13.3. The molecule has 0 unspecified atom stereocenters. The van der Waals surface area contributed by atoms with Crippen molar-refractivity contribution in [2.75, 3.05) is 40.9 Å². The molecule has 18 rings (SSSR count). The smallest absolute Gasteiger partial charge is 0.256 e. The summed E-state index contributed by atoms with van der Waals surface area (Å²) in [6.45, 7) is 11.9. The van der Waals surface area contributed by atoms with Crippen LogP contribution in [0.3, 0.4) is 0 Å². The zero-order valence-corrected chi connectivity index (χ0v) is 75.6. The maximum Gasteiger partial charge on any atom is 0.256 e. The Hall–Kier alpha value is -14.9. The van der Waals surface area contributed by atoms with Gasteiger partial charge in [0.25, 0.3) is 23.6 Å². The molecule has 4 aromatic heterocycles. The lowest BCUT2D eigenvalue weighted by Crippen LogP contribution is -2.43. The summed E-state index contributed by atoms with van der Waals surface area (Å²) in [6.07, 6.45) is 20.3. The minimum atomic E-state index is -0.279. The number of aliphatic imine (C=N–C) groups is 3. The normalized spacial score (nSPS) is 15.8. The zero-order chi connectivity index (χ0) is 92.4. The van der Waals surface area contributed by atoms with Crippen molar-refractivity contribution < 1.29 is 62.2 Å². The molecule has 12 aromatic rings. The number of nitrogens with one attached hydrogen (secondary N) is 4. The Labute approximate surface area is 767 Å². The second-order valence-corrected chi connectivity index (χ2v) is 35.2. The Bertz CT molecular complexity index is 6400. The molecule has 3 atom stereocenters. The number of imidazole rings is 2. The van der Waals surface area contributed by atoms with Gasteiger partial charge in [0, 0.05) is 121 Å². The maximum absolute atomic E-state index is 13.3. The molecule has 0 saturated carbocycles. The summed E-state index contributed by atoms with van der Waals surface area (Å²) in [7, 11) is 5.19. The molecule has 0 bridgehead atoms. The number of aromatic nitrogens is 6. The number of hydrogen-bond donors (Lipinski definition) is 4. The summed E-state index contributed by atoms with van der Waals surface area (Å²) in [4.78, 5) is 160. The van der Waals surface area contributed by atoms with Crippen LogP contribution < -0.4 is 35.5 Å². The number of ketones is 3. The van der Waals surface area contributed by atoms with Crippen LogP contribution in [0.1, 0.15) is 200 Å². The third-order valence-corrected chi connectivity index (χ3v) is 25.0. The van der Waals surface area contributed by atoms with Gasteiger partial charge in [0.1, 0.15) is 42.1 Å². The van der Waals surface area contributed by atoms with E-state index in [4.69, 9.17) is 14.2 Å². The highest BCUT2D eigenvalue weighted by Gasteiger charge is 2.35. The number of amides is 7. The molecule has 3 saturated heterocycles. The van der Waals surface area contributed by atoms with Crippen molar-refractivity contribution >= 4 is 139 Å². The third-order valence-electron chi connectivity index (χ3n) is 23.9. The van der Waals surface area contributed by atoms with E-state index in [1.165, 1.54) is 25.2 Å². The van der Waals surface area contributed by atoms with E-state index in [2.05, 4.69) is 51.2 Å². The molecule has 674 valence electrons. The molecule has 6 aliphatic rings. The topological polar surface area (TPSA) is 347 Å². The van der Waals surface area contributed by atoms with Crippen LogP contribution in [-0.4, -0.2) is 158 Å². The van der Waals surface area contributed by atoms with Crippen molar-refractivity contribution in [3.8, 4) is 17.2 Å². The predicted molar refractivity (Wildman–Crippen MR) is 507 cm³/mol. The van der Waals surface area contributed by atoms with Crippen LogP contribution in [0.5, 0.6) is 17.2 Å². The van der Waals surface area contributed by atoms with E-state index in [9.17, 15) is 47.9 Å². The molecule has 30 heteroatoms. The summed E-state index contributed by atoms with van der Waals surface area (Å²) in [5.74, 6) is 1.82. The number of hydrogen-bond acceptors (Lipinski definition) is 20.